The molecule has 0 amide bonds. The Balaban J connectivity index is 2.38. The van der Waals surface area contributed by atoms with Gasteiger partial charge in [0.15, 0.2) is 5.79 Å². The van der Waals surface area contributed by atoms with Gasteiger partial charge in [0.05, 0.1) is 18.8 Å². The van der Waals surface area contributed by atoms with Gasteiger partial charge in [0.1, 0.15) is 0 Å². The minimum atomic E-state index is -0.404. The second kappa shape index (κ2) is 5.64. The van der Waals surface area contributed by atoms with E-state index in [9.17, 15) is 5.11 Å². The van der Waals surface area contributed by atoms with E-state index >= 15 is 0 Å². The molecule has 0 aliphatic carbocycles. The summed E-state index contributed by atoms with van der Waals surface area (Å²) in [5, 5.41) is 9.62. The molecule has 0 unspecified atom stereocenters. The summed E-state index contributed by atoms with van der Waals surface area (Å²) in [6.45, 7) is 8.32. The Morgan fingerprint density at radius 2 is 2.20 bits per heavy atom. The highest BCUT2D eigenvalue weighted by Gasteiger charge is 2.38. The number of hydrogen-bond donors (Lipinski definition) is 1. The topological polar surface area (TPSA) is 38.7 Å². The highest BCUT2D eigenvalue weighted by atomic mass is 16.7. The molecule has 3 heteroatoms. The third-order valence-electron chi connectivity index (χ3n) is 2.96. The lowest BCUT2D eigenvalue weighted by atomic mass is 10.1. The fourth-order valence-electron chi connectivity index (χ4n) is 1.95. The van der Waals surface area contributed by atoms with Crippen LogP contribution >= 0.6 is 0 Å². The molecule has 0 aromatic rings. The molecule has 0 radical (unpaired) electrons. The van der Waals surface area contributed by atoms with Crippen molar-refractivity contribution in [1.82, 2.24) is 0 Å². The van der Waals surface area contributed by atoms with Crippen LogP contribution in [0.4, 0.5) is 0 Å². The SMILES string of the molecule is C=CC[C@@H](O)C[C@H]1COC(CC)(CC)O1. The van der Waals surface area contributed by atoms with E-state index in [2.05, 4.69) is 20.4 Å². The smallest absolute Gasteiger partial charge is 0.168 e. The van der Waals surface area contributed by atoms with Crippen LogP contribution in [0.15, 0.2) is 12.7 Å². The number of aliphatic hydroxyl groups is 1. The molecule has 1 heterocycles. The second-order valence-corrected chi connectivity index (χ2v) is 4.08. The van der Waals surface area contributed by atoms with Crippen LogP contribution < -0.4 is 0 Å². The van der Waals surface area contributed by atoms with Crippen LogP contribution in [0.2, 0.25) is 0 Å². The summed E-state index contributed by atoms with van der Waals surface area (Å²) in [7, 11) is 0. The first-order valence-corrected chi connectivity index (χ1v) is 5.76. The van der Waals surface area contributed by atoms with Crippen molar-refractivity contribution in [2.75, 3.05) is 6.61 Å². The van der Waals surface area contributed by atoms with Gasteiger partial charge in [-0.05, 0) is 19.3 Å². The van der Waals surface area contributed by atoms with Crippen LogP contribution in [-0.2, 0) is 9.47 Å². The zero-order valence-electron chi connectivity index (χ0n) is 9.74. The molecule has 1 aliphatic heterocycles. The van der Waals surface area contributed by atoms with E-state index in [0.717, 1.165) is 12.8 Å². The normalized spacial score (nSPS) is 26.5. The molecule has 0 bridgehead atoms. The van der Waals surface area contributed by atoms with E-state index in [1.165, 1.54) is 0 Å². The van der Waals surface area contributed by atoms with Crippen LogP contribution in [0.3, 0.4) is 0 Å². The fraction of sp³-hybridized carbons (Fsp3) is 0.833. The molecule has 1 fully saturated rings. The van der Waals surface area contributed by atoms with Gasteiger partial charge in [0.2, 0.25) is 0 Å². The van der Waals surface area contributed by atoms with Gasteiger partial charge in [-0.2, -0.15) is 0 Å². The van der Waals surface area contributed by atoms with Crippen molar-refractivity contribution in [2.24, 2.45) is 0 Å². The summed E-state index contributed by atoms with van der Waals surface area (Å²) in [5.41, 5.74) is 0. The van der Waals surface area contributed by atoms with Crippen molar-refractivity contribution < 1.29 is 14.6 Å². The van der Waals surface area contributed by atoms with Gasteiger partial charge in [-0.3, -0.25) is 0 Å². The van der Waals surface area contributed by atoms with Crippen LogP contribution in [-0.4, -0.2) is 29.7 Å². The molecule has 0 saturated carbocycles. The van der Waals surface area contributed by atoms with Gasteiger partial charge in [-0.1, -0.05) is 19.9 Å². The predicted octanol–water partition coefficient (Wildman–Crippen LogP) is 2.25. The van der Waals surface area contributed by atoms with Gasteiger partial charge in [0, 0.05) is 6.42 Å². The summed E-state index contributed by atoms with van der Waals surface area (Å²) in [5.74, 6) is -0.404. The number of ether oxygens (including phenoxy) is 2. The van der Waals surface area contributed by atoms with E-state index < -0.39 is 5.79 Å². The molecule has 1 aliphatic rings. The lowest BCUT2D eigenvalue weighted by Crippen LogP contribution is -2.29. The minimum Gasteiger partial charge on any atom is -0.393 e. The fourth-order valence-corrected chi connectivity index (χ4v) is 1.95. The molecule has 1 rings (SSSR count). The Bertz CT molecular complexity index is 199. The quantitative estimate of drug-likeness (QED) is 0.689. The van der Waals surface area contributed by atoms with Crippen molar-refractivity contribution >= 4 is 0 Å². The first-order chi connectivity index (χ1) is 7.15. The molecule has 0 aromatic heterocycles. The summed E-state index contributed by atoms with van der Waals surface area (Å²) in [6, 6.07) is 0. The molecular formula is C12H22O3. The van der Waals surface area contributed by atoms with Gasteiger partial charge in [-0.15, -0.1) is 6.58 Å². The third kappa shape index (κ3) is 3.30. The van der Waals surface area contributed by atoms with Gasteiger partial charge in [0.25, 0.3) is 0 Å². The molecule has 15 heavy (non-hydrogen) atoms. The molecule has 0 aromatic carbocycles. The largest absolute Gasteiger partial charge is 0.393 e. The number of rotatable bonds is 6. The van der Waals surface area contributed by atoms with E-state index in [-0.39, 0.29) is 12.2 Å². The number of aliphatic hydroxyl groups excluding tert-OH is 1. The Labute approximate surface area is 92.1 Å². The Morgan fingerprint density at radius 1 is 1.53 bits per heavy atom. The highest BCUT2D eigenvalue weighted by Crippen LogP contribution is 2.31. The Morgan fingerprint density at radius 3 is 2.67 bits per heavy atom. The molecule has 88 valence electrons. The monoisotopic (exact) mass is 214 g/mol. The van der Waals surface area contributed by atoms with Gasteiger partial charge >= 0.3 is 0 Å². The van der Waals surface area contributed by atoms with Gasteiger partial charge < -0.3 is 14.6 Å². The van der Waals surface area contributed by atoms with E-state index in [4.69, 9.17) is 9.47 Å². The summed E-state index contributed by atoms with van der Waals surface area (Å²) in [4.78, 5) is 0. The van der Waals surface area contributed by atoms with E-state index in [1.54, 1.807) is 6.08 Å². The average Bonchev–Trinajstić information content (AvgIpc) is 2.63. The molecule has 0 spiro atoms. The Kier molecular flexibility index (Phi) is 4.77. The van der Waals surface area contributed by atoms with Crippen molar-refractivity contribution in [1.29, 1.82) is 0 Å². The molecule has 2 atom stereocenters. The maximum Gasteiger partial charge on any atom is 0.168 e. The lowest BCUT2D eigenvalue weighted by Gasteiger charge is -2.25. The first kappa shape index (κ1) is 12.7. The van der Waals surface area contributed by atoms with Crippen molar-refractivity contribution in [2.45, 2.75) is 57.5 Å². The second-order valence-electron chi connectivity index (χ2n) is 4.08. The molecule has 1 N–H and O–H groups in total. The van der Waals surface area contributed by atoms with Crippen molar-refractivity contribution in [3.8, 4) is 0 Å². The van der Waals surface area contributed by atoms with Crippen LogP contribution in [0.25, 0.3) is 0 Å². The number of hydrogen-bond acceptors (Lipinski definition) is 3. The summed E-state index contributed by atoms with van der Waals surface area (Å²) in [6.07, 6.45) is 4.36. The zero-order valence-corrected chi connectivity index (χ0v) is 9.74. The van der Waals surface area contributed by atoms with Crippen LogP contribution in [0.1, 0.15) is 39.5 Å². The van der Waals surface area contributed by atoms with Crippen LogP contribution in [0, 0.1) is 0 Å². The third-order valence-corrected chi connectivity index (χ3v) is 2.96. The van der Waals surface area contributed by atoms with E-state index in [0.29, 0.717) is 19.4 Å². The molecule has 3 nitrogen and oxygen atoms in total. The molecule has 1 saturated heterocycles. The summed E-state index contributed by atoms with van der Waals surface area (Å²) >= 11 is 0. The lowest BCUT2D eigenvalue weighted by molar-refractivity contribution is -0.174. The maximum absolute atomic E-state index is 9.62. The van der Waals surface area contributed by atoms with Gasteiger partial charge in [-0.25, -0.2) is 0 Å². The van der Waals surface area contributed by atoms with Crippen molar-refractivity contribution in [3.05, 3.63) is 12.7 Å². The zero-order chi connectivity index (χ0) is 11.3. The Hall–Kier alpha value is -0.380. The predicted molar refractivity (Wildman–Crippen MR) is 59.6 cm³/mol. The highest BCUT2D eigenvalue weighted by molar-refractivity contribution is 4.81. The molecular weight excluding hydrogens is 192 g/mol. The minimum absolute atomic E-state index is 0.0276. The average molecular weight is 214 g/mol. The van der Waals surface area contributed by atoms with E-state index in [1.807, 2.05) is 0 Å². The van der Waals surface area contributed by atoms with Crippen molar-refractivity contribution in [3.63, 3.8) is 0 Å². The first-order valence-electron chi connectivity index (χ1n) is 5.76. The maximum atomic E-state index is 9.62. The standard InChI is InChI=1S/C12H22O3/c1-4-7-10(13)8-11-9-14-12(5-2,6-3)15-11/h4,10-11,13H,1,5-9H2,2-3H3/t10-,11+/m1/s1. The van der Waals surface area contributed by atoms with Crippen LogP contribution in [0.5, 0.6) is 0 Å². The summed E-state index contributed by atoms with van der Waals surface area (Å²) < 4.78 is 11.5.